The molecule has 0 aliphatic rings. The van der Waals surface area contributed by atoms with E-state index in [4.69, 9.17) is 0 Å². The van der Waals surface area contributed by atoms with Crippen LogP contribution in [0.3, 0.4) is 0 Å². The topological polar surface area (TPSA) is 0 Å². The molecule has 1 rings (SSSR count). The summed E-state index contributed by atoms with van der Waals surface area (Å²) in [5.74, 6) is 0. The van der Waals surface area contributed by atoms with E-state index in [1.165, 1.54) is 27.8 Å². The summed E-state index contributed by atoms with van der Waals surface area (Å²) in [6.45, 7) is 14.5. The van der Waals surface area contributed by atoms with Gasteiger partial charge in [0.25, 0.3) is 0 Å². The van der Waals surface area contributed by atoms with Crippen molar-refractivity contribution in [2.24, 2.45) is 0 Å². The van der Waals surface area contributed by atoms with Crippen molar-refractivity contribution < 1.29 is 0 Å². The summed E-state index contributed by atoms with van der Waals surface area (Å²) >= 11 is 0. The van der Waals surface area contributed by atoms with Gasteiger partial charge in [-0.05, 0) is 47.6 Å². The summed E-state index contributed by atoms with van der Waals surface area (Å²) < 4.78 is 0. The zero-order valence-corrected chi connectivity index (χ0v) is 10.1. The van der Waals surface area contributed by atoms with Crippen molar-refractivity contribution in [3.8, 4) is 0 Å². The van der Waals surface area contributed by atoms with E-state index >= 15 is 0 Å². The summed E-state index contributed by atoms with van der Waals surface area (Å²) in [5, 5.41) is 0. The lowest BCUT2D eigenvalue weighted by atomic mass is 9.95. The molecular weight excluding hydrogens is 180 g/mol. The Labute approximate surface area is 93.3 Å². The van der Waals surface area contributed by atoms with Crippen LogP contribution < -0.4 is 0 Å². The van der Waals surface area contributed by atoms with Crippen molar-refractivity contribution >= 4 is 11.1 Å². The molecule has 0 amide bonds. The Morgan fingerprint density at radius 2 is 1.67 bits per heavy atom. The lowest BCUT2D eigenvalue weighted by molar-refractivity contribution is 1.22. The third-order valence-electron chi connectivity index (χ3n) is 2.87. The number of allylic oxidation sites excluding steroid dienone is 2. The van der Waals surface area contributed by atoms with Crippen LogP contribution in [0, 0.1) is 6.92 Å². The highest BCUT2D eigenvalue weighted by atomic mass is 14.1. The number of hydrogen-bond acceptors (Lipinski definition) is 0. The van der Waals surface area contributed by atoms with Crippen LogP contribution in [-0.2, 0) is 0 Å². The molecule has 0 unspecified atom stereocenters. The zero-order valence-electron chi connectivity index (χ0n) is 10.1. The highest BCUT2D eigenvalue weighted by Crippen LogP contribution is 2.24. The lowest BCUT2D eigenvalue weighted by Crippen LogP contribution is -1.90. The van der Waals surface area contributed by atoms with Gasteiger partial charge in [-0.1, -0.05) is 45.2 Å². The summed E-state index contributed by atoms with van der Waals surface area (Å²) in [4.78, 5) is 0. The largest absolute Gasteiger partial charge is 0.0952 e. The van der Waals surface area contributed by atoms with Crippen LogP contribution in [0.4, 0.5) is 0 Å². The fourth-order valence-electron chi connectivity index (χ4n) is 1.67. The first kappa shape index (κ1) is 11.8. The average molecular weight is 200 g/mol. The Morgan fingerprint density at radius 1 is 1.07 bits per heavy atom. The maximum Gasteiger partial charge on any atom is -0.0201 e. The number of rotatable bonds is 4. The molecule has 0 atom stereocenters. The monoisotopic (exact) mass is 200 g/mol. The number of benzene rings is 1. The van der Waals surface area contributed by atoms with Gasteiger partial charge in [-0.25, -0.2) is 0 Å². The summed E-state index contributed by atoms with van der Waals surface area (Å²) in [7, 11) is 0. The first-order valence-electron chi connectivity index (χ1n) is 5.57. The highest BCUT2D eigenvalue weighted by Gasteiger charge is 2.03. The minimum Gasteiger partial charge on any atom is -0.0952 e. The SMILES string of the molecule is C=C(CC)c1ccc(C(=C)CC)c(C)c1. The van der Waals surface area contributed by atoms with Crippen molar-refractivity contribution in [3.63, 3.8) is 0 Å². The maximum absolute atomic E-state index is 4.08. The summed E-state index contributed by atoms with van der Waals surface area (Å²) in [6.07, 6.45) is 2.02. The smallest absolute Gasteiger partial charge is 0.0201 e. The van der Waals surface area contributed by atoms with Gasteiger partial charge < -0.3 is 0 Å². The molecule has 0 heterocycles. The van der Waals surface area contributed by atoms with E-state index in [9.17, 15) is 0 Å². The van der Waals surface area contributed by atoms with Crippen LogP contribution >= 0.6 is 0 Å². The second kappa shape index (κ2) is 4.97. The fraction of sp³-hybridized carbons (Fsp3) is 0.333. The molecule has 15 heavy (non-hydrogen) atoms. The van der Waals surface area contributed by atoms with Gasteiger partial charge in [0.2, 0.25) is 0 Å². The predicted molar refractivity (Wildman–Crippen MR) is 69.8 cm³/mol. The Bertz CT molecular complexity index is 383. The minimum absolute atomic E-state index is 1.01. The molecule has 0 bridgehead atoms. The van der Waals surface area contributed by atoms with E-state index in [-0.39, 0.29) is 0 Å². The van der Waals surface area contributed by atoms with Gasteiger partial charge >= 0.3 is 0 Å². The van der Waals surface area contributed by atoms with Crippen molar-refractivity contribution in [2.45, 2.75) is 33.6 Å². The standard InChI is InChI=1S/C15H20/c1-6-11(3)14-8-9-15(12(4)7-2)13(5)10-14/h8-10H,3-4,6-7H2,1-2,5H3. The van der Waals surface area contributed by atoms with Crippen LogP contribution in [0.2, 0.25) is 0 Å². The highest BCUT2D eigenvalue weighted by molar-refractivity contribution is 5.70. The van der Waals surface area contributed by atoms with Gasteiger partial charge in [0, 0.05) is 0 Å². The summed E-state index contributed by atoms with van der Waals surface area (Å²) in [5.41, 5.74) is 6.25. The molecule has 0 aliphatic heterocycles. The van der Waals surface area contributed by atoms with Gasteiger partial charge in [-0.15, -0.1) is 0 Å². The molecule has 0 N–H and O–H groups in total. The van der Waals surface area contributed by atoms with Crippen molar-refractivity contribution in [1.29, 1.82) is 0 Å². The minimum atomic E-state index is 1.01. The molecule has 0 aliphatic carbocycles. The second-order valence-corrected chi connectivity index (χ2v) is 3.94. The van der Waals surface area contributed by atoms with Crippen LogP contribution in [-0.4, -0.2) is 0 Å². The van der Waals surface area contributed by atoms with Gasteiger partial charge in [0.1, 0.15) is 0 Å². The fourth-order valence-corrected chi connectivity index (χ4v) is 1.67. The molecule has 0 radical (unpaired) electrons. The Hall–Kier alpha value is -1.30. The Balaban J connectivity index is 3.08. The zero-order chi connectivity index (χ0) is 11.4. The third kappa shape index (κ3) is 2.59. The Kier molecular flexibility index (Phi) is 3.90. The van der Waals surface area contributed by atoms with Crippen LogP contribution in [0.1, 0.15) is 43.4 Å². The molecule has 0 aromatic heterocycles. The van der Waals surface area contributed by atoms with Gasteiger partial charge in [0.15, 0.2) is 0 Å². The van der Waals surface area contributed by atoms with E-state index in [0.717, 1.165) is 12.8 Å². The quantitative estimate of drug-likeness (QED) is 0.652. The van der Waals surface area contributed by atoms with E-state index in [0.29, 0.717) is 0 Å². The molecule has 1 aromatic rings. The van der Waals surface area contributed by atoms with Crippen LogP contribution in [0.15, 0.2) is 31.4 Å². The van der Waals surface area contributed by atoms with E-state index < -0.39 is 0 Å². The van der Waals surface area contributed by atoms with E-state index in [1.807, 2.05) is 0 Å². The third-order valence-corrected chi connectivity index (χ3v) is 2.87. The predicted octanol–water partition coefficient (Wildman–Crippen LogP) is 4.84. The molecular formula is C15H20. The molecule has 0 saturated heterocycles. The Morgan fingerprint density at radius 3 is 2.13 bits per heavy atom. The molecule has 80 valence electrons. The van der Waals surface area contributed by atoms with Gasteiger partial charge in [-0.2, -0.15) is 0 Å². The van der Waals surface area contributed by atoms with E-state index in [2.05, 4.69) is 52.1 Å². The second-order valence-electron chi connectivity index (χ2n) is 3.94. The van der Waals surface area contributed by atoms with Gasteiger partial charge in [-0.3, -0.25) is 0 Å². The number of hydrogen-bond donors (Lipinski definition) is 0. The maximum atomic E-state index is 4.08. The molecule has 0 fully saturated rings. The van der Waals surface area contributed by atoms with Crippen LogP contribution in [0.25, 0.3) is 11.1 Å². The first-order chi connectivity index (χ1) is 7.10. The van der Waals surface area contributed by atoms with Gasteiger partial charge in [0.05, 0.1) is 0 Å². The molecule has 0 spiro atoms. The molecule has 0 heteroatoms. The number of aryl methyl sites for hydroxylation is 1. The average Bonchev–Trinajstić information content (AvgIpc) is 2.26. The molecule has 1 aromatic carbocycles. The van der Waals surface area contributed by atoms with E-state index in [1.54, 1.807) is 0 Å². The van der Waals surface area contributed by atoms with Crippen molar-refractivity contribution in [1.82, 2.24) is 0 Å². The normalized spacial score (nSPS) is 10.1. The van der Waals surface area contributed by atoms with Crippen molar-refractivity contribution in [3.05, 3.63) is 48.0 Å². The van der Waals surface area contributed by atoms with Crippen molar-refractivity contribution in [2.75, 3.05) is 0 Å². The first-order valence-corrected chi connectivity index (χ1v) is 5.57. The summed E-state index contributed by atoms with van der Waals surface area (Å²) in [6, 6.07) is 6.52. The molecule has 0 nitrogen and oxygen atoms in total. The lowest BCUT2D eigenvalue weighted by Gasteiger charge is -2.10. The molecule has 0 saturated carbocycles. The van der Waals surface area contributed by atoms with Crippen LogP contribution in [0.5, 0.6) is 0 Å².